The number of ether oxygens (including phenoxy) is 1. The van der Waals surface area contributed by atoms with Crippen molar-refractivity contribution in [1.29, 1.82) is 0 Å². The Bertz CT molecular complexity index is 73.5. The Balaban J connectivity index is 3.28. The molecule has 2 N–H and O–H groups in total. The first kappa shape index (κ1) is 8.92. The molecule has 0 fully saturated rings. The molecule has 2 heteroatoms. The van der Waals surface area contributed by atoms with Crippen LogP contribution in [-0.4, -0.2) is 18.2 Å². The molecular weight excluding hydrogens is 114 g/mol. The van der Waals surface area contributed by atoms with Gasteiger partial charge in [-0.25, -0.2) is 0 Å². The van der Waals surface area contributed by atoms with Crippen LogP contribution in [0.2, 0.25) is 0 Å². The topological polar surface area (TPSA) is 35.2 Å². The second kappa shape index (κ2) is 3.18. The average Bonchev–Trinajstić information content (AvgIpc) is 1.59. The summed E-state index contributed by atoms with van der Waals surface area (Å²) in [4.78, 5) is 0. The standard InChI is InChI=1S/C7H17NO/c1-6(2)9-5-7(3,4)8/h6H,5,8H2,1-4H3. The second-order valence-electron chi connectivity index (χ2n) is 3.35. The second-order valence-corrected chi connectivity index (χ2v) is 3.35. The minimum atomic E-state index is -0.190. The van der Waals surface area contributed by atoms with Crippen LogP contribution in [0.4, 0.5) is 0 Å². The lowest BCUT2D eigenvalue weighted by atomic mass is 10.1. The molecule has 0 aromatic rings. The molecule has 0 heterocycles. The highest BCUT2D eigenvalue weighted by atomic mass is 16.5. The Morgan fingerprint density at radius 3 is 2.00 bits per heavy atom. The number of hydrogen-bond donors (Lipinski definition) is 1. The van der Waals surface area contributed by atoms with Gasteiger partial charge in [0, 0.05) is 5.54 Å². The van der Waals surface area contributed by atoms with Gasteiger partial charge >= 0.3 is 0 Å². The summed E-state index contributed by atoms with van der Waals surface area (Å²) in [6.45, 7) is 8.55. The Morgan fingerprint density at radius 1 is 1.44 bits per heavy atom. The average molecular weight is 131 g/mol. The molecule has 0 saturated carbocycles. The molecule has 0 amide bonds. The van der Waals surface area contributed by atoms with E-state index < -0.39 is 0 Å². The maximum absolute atomic E-state index is 5.66. The van der Waals surface area contributed by atoms with Crippen molar-refractivity contribution in [1.82, 2.24) is 0 Å². The van der Waals surface area contributed by atoms with Crippen LogP contribution in [0.1, 0.15) is 27.7 Å². The summed E-state index contributed by atoms with van der Waals surface area (Å²) in [5, 5.41) is 0. The molecule has 56 valence electrons. The van der Waals surface area contributed by atoms with Gasteiger partial charge in [0.15, 0.2) is 0 Å². The zero-order valence-corrected chi connectivity index (χ0v) is 6.77. The van der Waals surface area contributed by atoms with Crippen LogP contribution < -0.4 is 5.73 Å². The van der Waals surface area contributed by atoms with Gasteiger partial charge in [0.1, 0.15) is 0 Å². The van der Waals surface area contributed by atoms with Crippen LogP contribution in [0.25, 0.3) is 0 Å². The molecule has 0 aliphatic rings. The monoisotopic (exact) mass is 131 g/mol. The van der Waals surface area contributed by atoms with Gasteiger partial charge in [-0.3, -0.25) is 0 Å². The molecule has 0 bridgehead atoms. The van der Waals surface area contributed by atoms with Crippen molar-refractivity contribution in [3.8, 4) is 0 Å². The number of hydrogen-bond acceptors (Lipinski definition) is 2. The van der Waals surface area contributed by atoms with E-state index in [1.807, 2.05) is 27.7 Å². The first-order chi connectivity index (χ1) is 3.92. The van der Waals surface area contributed by atoms with E-state index >= 15 is 0 Å². The maximum atomic E-state index is 5.66. The summed E-state index contributed by atoms with van der Waals surface area (Å²) in [6.07, 6.45) is 0.285. The van der Waals surface area contributed by atoms with E-state index in [2.05, 4.69) is 0 Å². The Kier molecular flexibility index (Phi) is 3.15. The minimum Gasteiger partial charge on any atom is -0.377 e. The lowest BCUT2D eigenvalue weighted by molar-refractivity contribution is 0.0497. The Hall–Kier alpha value is -0.0800. The molecule has 0 aliphatic heterocycles. The van der Waals surface area contributed by atoms with E-state index in [0.29, 0.717) is 6.61 Å². The molecule has 0 atom stereocenters. The van der Waals surface area contributed by atoms with Gasteiger partial charge < -0.3 is 10.5 Å². The van der Waals surface area contributed by atoms with Crippen molar-refractivity contribution < 1.29 is 4.74 Å². The highest BCUT2D eigenvalue weighted by Gasteiger charge is 2.10. The van der Waals surface area contributed by atoms with Crippen LogP contribution in [0.5, 0.6) is 0 Å². The fourth-order valence-electron chi connectivity index (χ4n) is 0.381. The summed E-state index contributed by atoms with van der Waals surface area (Å²) < 4.78 is 5.28. The van der Waals surface area contributed by atoms with Crippen LogP contribution in [0, 0.1) is 0 Å². The Morgan fingerprint density at radius 2 is 1.89 bits per heavy atom. The number of nitrogens with two attached hydrogens (primary N) is 1. The molecular formula is C7H17NO. The summed E-state index contributed by atoms with van der Waals surface area (Å²) in [7, 11) is 0. The minimum absolute atomic E-state index is 0.190. The van der Waals surface area contributed by atoms with Crippen molar-refractivity contribution in [2.45, 2.75) is 39.3 Å². The van der Waals surface area contributed by atoms with Crippen molar-refractivity contribution in [3.05, 3.63) is 0 Å². The fourth-order valence-corrected chi connectivity index (χ4v) is 0.381. The molecule has 0 rings (SSSR count). The summed E-state index contributed by atoms with van der Waals surface area (Å²) in [5.74, 6) is 0. The lowest BCUT2D eigenvalue weighted by Gasteiger charge is -2.19. The summed E-state index contributed by atoms with van der Waals surface area (Å²) in [5.41, 5.74) is 5.47. The fraction of sp³-hybridized carbons (Fsp3) is 1.00. The molecule has 0 radical (unpaired) electrons. The van der Waals surface area contributed by atoms with Crippen molar-refractivity contribution >= 4 is 0 Å². The highest BCUT2D eigenvalue weighted by Crippen LogP contribution is 1.99. The molecule has 2 nitrogen and oxygen atoms in total. The smallest absolute Gasteiger partial charge is 0.0644 e. The van der Waals surface area contributed by atoms with E-state index in [1.165, 1.54) is 0 Å². The molecule has 0 unspecified atom stereocenters. The van der Waals surface area contributed by atoms with Gasteiger partial charge in [-0.15, -0.1) is 0 Å². The lowest BCUT2D eigenvalue weighted by Crippen LogP contribution is -2.38. The van der Waals surface area contributed by atoms with E-state index in [4.69, 9.17) is 10.5 Å². The predicted molar refractivity (Wildman–Crippen MR) is 39.4 cm³/mol. The van der Waals surface area contributed by atoms with Crippen LogP contribution >= 0.6 is 0 Å². The van der Waals surface area contributed by atoms with E-state index in [0.717, 1.165) is 0 Å². The van der Waals surface area contributed by atoms with Gasteiger partial charge in [-0.2, -0.15) is 0 Å². The van der Waals surface area contributed by atoms with Crippen molar-refractivity contribution in [3.63, 3.8) is 0 Å². The van der Waals surface area contributed by atoms with Crippen molar-refractivity contribution in [2.75, 3.05) is 6.61 Å². The third-order valence-electron chi connectivity index (χ3n) is 0.789. The Labute approximate surface area is 57.4 Å². The maximum Gasteiger partial charge on any atom is 0.0644 e. The molecule has 9 heavy (non-hydrogen) atoms. The first-order valence-corrected chi connectivity index (χ1v) is 3.32. The van der Waals surface area contributed by atoms with Gasteiger partial charge in [0.05, 0.1) is 12.7 Å². The third-order valence-corrected chi connectivity index (χ3v) is 0.789. The largest absolute Gasteiger partial charge is 0.377 e. The molecule has 0 aliphatic carbocycles. The number of rotatable bonds is 3. The normalized spacial score (nSPS) is 12.7. The molecule has 0 aromatic carbocycles. The summed E-state index contributed by atoms with van der Waals surface area (Å²) in [6, 6.07) is 0. The van der Waals surface area contributed by atoms with Gasteiger partial charge in [0.25, 0.3) is 0 Å². The zero-order chi connectivity index (χ0) is 7.49. The quantitative estimate of drug-likeness (QED) is 0.623. The molecule has 0 saturated heterocycles. The van der Waals surface area contributed by atoms with E-state index in [-0.39, 0.29) is 11.6 Å². The van der Waals surface area contributed by atoms with Gasteiger partial charge in [-0.05, 0) is 27.7 Å². The predicted octanol–water partition coefficient (Wildman–Crippen LogP) is 1.15. The third kappa shape index (κ3) is 7.92. The SMILES string of the molecule is CC(C)OCC(C)(C)N. The van der Waals surface area contributed by atoms with E-state index in [9.17, 15) is 0 Å². The first-order valence-electron chi connectivity index (χ1n) is 3.32. The van der Waals surface area contributed by atoms with Crippen LogP contribution in [0.3, 0.4) is 0 Å². The van der Waals surface area contributed by atoms with Gasteiger partial charge in [-0.1, -0.05) is 0 Å². The van der Waals surface area contributed by atoms with E-state index in [1.54, 1.807) is 0 Å². The summed E-state index contributed by atoms with van der Waals surface area (Å²) >= 11 is 0. The van der Waals surface area contributed by atoms with Crippen molar-refractivity contribution in [2.24, 2.45) is 5.73 Å². The van der Waals surface area contributed by atoms with Crippen LogP contribution in [0.15, 0.2) is 0 Å². The van der Waals surface area contributed by atoms with Crippen LogP contribution in [-0.2, 0) is 4.74 Å². The molecule has 0 spiro atoms. The van der Waals surface area contributed by atoms with Gasteiger partial charge in [0.2, 0.25) is 0 Å². The highest BCUT2D eigenvalue weighted by molar-refractivity contribution is 4.70. The molecule has 0 aromatic heterocycles. The zero-order valence-electron chi connectivity index (χ0n) is 6.77.